The molecule has 22 heavy (non-hydrogen) atoms. The van der Waals surface area contributed by atoms with Gasteiger partial charge in [-0.2, -0.15) is 0 Å². The van der Waals surface area contributed by atoms with E-state index in [0.29, 0.717) is 13.2 Å². The van der Waals surface area contributed by atoms with Gasteiger partial charge in [-0.3, -0.25) is 4.99 Å². The van der Waals surface area contributed by atoms with Gasteiger partial charge in [0.2, 0.25) is 0 Å². The second kappa shape index (κ2) is 10.2. The Balaban J connectivity index is 2.50. The van der Waals surface area contributed by atoms with Gasteiger partial charge in [-0.15, -0.1) is 0 Å². The predicted octanol–water partition coefficient (Wildman–Crippen LogP) is 2.31. The summed E-state index contributed by atoms with van der Waals surface area (Å²) < 4.78 is 10.8. The van der Waals surface area contributed by atoms with Crippen molar-refractivity contribution in [3.05, 3.63) is 35.4 Å². The number of guanidine groups is 1. The first-order valence-electron chi connectivity index (χ1n) is 7.70. The van der Waals surface area contributed by atoms with E-state index in [4.69, 9.17) is 9.47 Å². The van der Waals surface area contributed by atoms with Gasteiger partial charge in [0.15, 0.2) is 5.96 Å². The van der Waals surface area contributed by atoms with Crippen LogP contribution in [0.3, 0.4) is 0 Å². The van der Waals surface area contributed by atoms with Crippen LogP contribution in [-0.4, -0.2) is 38.9 Å². The van der Waals surface area contributed by atoms with E-state index >= 15 is 0 Å². The van der Waals surface area contributed by atoms with E-state index in [-0.39, 0.29) is 12.1 Å². The van der Waals surface area contributed by atoms with E-state index in [1.807, 2.05) is 13.8 Å². The van der Waals surface area contributed by atoms with Gasteiger partial charge in [0, 0.05) is 26.7 Å². The molecule has 0 amide bonds. The molecule has 2 N–H and O–H groups in total. The number of methoxy groups -OCH3 is 1. The third-order valence-electron chi connectivity index (χ3n) is 3.06. The molecular formula is C17H29N3O2. The Morgan fingerprint density at radius 2 is 1.95 bits per heavy atom. The van der Waals surface area contributed by atoms with E-state index < -0.39 is 0 Å². The average Bonchev–Trinajstić information content (AvgIpc) is 2.50. The number of hydrogen-bond donors (Lipinski definition) is 2. The van der Waals surface area contributed by atoms with Gasteiger partial charge in [0.05, 0.1) is 19.3 Å². The van der Waals surface area contributed by atoms with Gasteiger partial charge >= 0.3 is 0 Å². The first kappa shape index (κ1) is 18.5. The molecule has 124 valence electrons. The Morgan fingerprint density at radius 3 is 2.59 bits per heavy atom. The van der Waals surface area contributed by atoms with Crippen LogP contribution in [0.4, 0.5) is 0 Å². The molecule has 0 aliphatic heterocycles. The van der Waals surface area contributed by atoms with Crippen LogP contribution in [0.25, 0.3) is 0 Å². The second-order valence-corrected chi connectivity index (χ2v) is 5.61. The van der Waals surface area contributed by atoms with Crippen LogP contribution in [0.1, 0.15) is 31.9 Å². The zero-order valence-electron chi connectivity index (χ0n) is 14.3. The Morgan fingerprint density at radius 1 is 1.23 bits per heavy atom. The van der Waals surface area contributed by atoms with Gasteiger partial charge in [-0.05, 0) is 31.9 Å². The number of benzene rings is 1. The predicted molar refractivity (Wildman–Crippen MR) is 91.0 cm³/mol. The summed E-state index contributed by atoms with van der Waals surface area (Å²) in [7, 11) is 3.46. The normalized spacial score (nSPS) is 13.3. The summed E-state index contributed by atoms with van der Waals surface area (Å²) in [5.74, 6) is 0.772. The number of aliphatic imine (C=N–C) groups is 1. The van der Waals surface area contributed by atoms with E-state index in [1.54, 1.807) is 14.2 Å². The van der Waals surface area contributed by atoms with E-state index in [1.165, 1.54) is 11.1 Å². The molecule has 0 aromatic heterocycles. The lowest BCUT2D eigenvalue weighted by Crippen LogP contribution is -2.43. The van der Waals surface area contributed by atoms with Gasteiger partial charge < -0.3 is 20.1 Å². The minimum absolute atomic E-state index is 0.210. The zero-order chi connectivity index (χ0) is 16.4. The van der Waals surface area contributed by atoms with Crippen LogP contribution < -0.4 is 10.6 Å². The van der Waals surface area contributed by atoms with E-state index in [0.717, 1.165) is 12.5 Å². The highest BCUT2D eigenvalue weighted by molar-refractivity contribution is 5.79. The van der Waals surface area contributed by atoms with Crippen LogP contribution in [0.5, 0.6) is 0 Å². The highest BCUT2D eigenvalue weighted by atomic mass is 16.5. The average molecular weight is 307 g/mol. The summed E-state index contributed by atoms with van der Waals surface area (Å²) in [6, 6.07) is 8.60. The molecule has 5 heteroatoms. The van der Waals surface area contributed by atoms with Crippen molar-refractivity contribution in [3.63, 3.8) is 0 Å². The number of hydrogen-bond acceptors (Lipinski definition) is 3. The Hall–Kier alpha value is -1.59. The molecule has 1 aromatic rings. The molecule has 0 heterocycles. The Labute approximate surface area is 134 Å². The molecule has 0 bridgehead atoms. The van der Waals surface area contributed by atoms with E-state index in [2.05, 4.69) is 46.8 Å². The topological polar surface area (TPSA) is 54.9 Å². The lowest BCUT2D eigenvalue weighted by atomic mass is 10.1. The van der Waals surface area contributed by atoms with Gasteiger partial charge in [0.25, 0.3) is 0 Å². The van der Waals surface area contributed by atoms with Gasteiger partial charge in [0.1, 0.15) is 0 Å². The molecule has 1 aromatic carbocycles. The Bertz CT molecular complexity index is 461. The standard InChI is InChI=1S/C17H29N3O2/c1-13(2)22-12-16-8-6-7-15(9-16)10-19-17(18-4)20-14(3)11-21-5/h6-9,13-14H,10-12H2,1-5H3,(H2,18,19,20). The SMILES string of the molecule is CN=C(NCc1cccc(COC(C)C)c1)NC(C)COC. The van der Waals surface area contributed by atoms with Crippen LogP contribution in [0, 0.1) is 0 Å². The molecule has 0 saturated carbocycles. The molecule has 0 aliphatic carbocycles. The van der Waals surface area contributed by atoms with Crippen molar-refractivity contribution in [3.8, 4) is 0 Å². The monoisotopic (exact) mass is 307 g/mol. The summed E-state index contributed by atoms with van der Waals surface area (Å²) in [6.07, 6.45) is 0.243. The summed E-state index contributed by atoms with van der Waals surface area (Å²) in [5, 5.41) is 6.59. The van der Waals surface area contributed by atoms with Crippen molar-refractivity contribution in [1.29, 1.82) is 0 Å². The fourth-order valence-electron chi connectivity index (χ4n) is 2.00. The van der Waals surface area contributed by atoms with Crippen LogP contribution in [0.2, 0.25) is 0 Å². The summed E-state index contributed by atoms with van der Waals surface area (Å²) in [5.41, 5.74) is 2.39. The lowest BCUT2D eigenvalue weighted by molar-refractivity contribution is 0.0657. The highest BCUT2D eigenvalue weighted by Gasteiger charge is 2.05. The van der Waals surface area contributed by atoms with Crippen molar-refractivity contribution < 1.29 is 9.47 Å². The third-order valence-corrected chi connectivity index (χ3v) is 3.06. The summed E-state index contributed by atoms with van der Waals surface area (Å²) in [4.78, 5) is 4.22. The smallest absolute Gasteiger partial charge is 0.191 e. The molecule has 0 saturated heterocycles. The van der Waals surface area contributed by atoms with Crippen molar-refractivity contribution in [1.82, 2.24) is 10.6 Å². The first-order valence-corrected chi connectivity index (χ1v) is 7.70. The Kier molecular flexibility index (Phi) is 8.55. The van der Waals surface area contributed by atoms with Crippen molar-refractivity contribution in [2.45, 2.75) is 46.1 Å². The summed E-state index contributed by atoms with van der Waals surface area (Å²) >= 11 is 0. The van der Waals surface area contributed by atoms with Crippen molar-refractivity contribution in [2.24, 2.45) is 4.99 Å². The van der Waals surface area contributed by atoms with Gasteiger partial charge in [-0.1, -0.05) is 24.3 Å². The fourth-order valence-corrected chi connectivity index (χ4v) is 2.00. The molecule has 1 atom stereocenters. The van der Waals surface area contributed by atoms with Crippen molar-refractivity contribution >= 4 is 5.96 Å². The minimum Gasteiger partial charge on any atom is -0.383 e. The molecule has 0 fully saturated rings. The lowest BCUT2D eigenvalue weighted by Gasteiger charge is -2.17. The fraction of sp³-hybridized carbons (Fsp3) is 0.588. The molecule has 0 radical (unpaired) electrons. The molecule has 0 spiro atoms. The molecule has 0 aliphatic rings. The molecule has 1 unspecified atom stereocenters. The van der Waals surface area contributed by atoms with Gasteiger partial charge in [-0.25, -0.2) is 0 Å². The maximum absolute atomic E-state index is 5.64. The number of rotatable bonds is 8. The largest absolute Gasteiger partial charge is 0.383 e. The number of nitrogens with one attached hydrogen (secondary N) is 2. The molecule has 5 nitrogen and oxygen atoms in total. The minimum atomic E-state index is 0.210. The van der Waals surface area contributed by atoms with Crippen molar-refractivity contribution in [2.75, 3.05) is 20.8 Å². The number of nitrogens with zero attached hydrogens (tertiary/aromatic N) is 1. The van der Waals surface area contributed by atoms with Crippen LogP contribution in [-0.2, 0) is 22.6 Å². The highest BCUT2D eigenvalue weighted by Crippen LogP contribution is 2.07. The molecule has 1 rings (SSSR count). The first-order chi connectivity index (χ1) is 10.5. The maximum Gasteiger partial charge on any atom is 0.191 e. The van der Waals surface area contributed by atoms with E-state index in [9.17, 15) is 0 Å². The summed E-state index contributed by atoms with van der Waals surface area (Å²) in [6.45, 7) is 8.14. The quantitative estimate of drug-likeness (QED) is 0.572. The number of ether oxygens (including phenoxy) is 2. The third kappa shape index (κ3) is 7.43. The van der Waals surface area contributed by atoms with Crippen LogP contribution in [0.15, 0.2) is 29.3 Å². The second-order valence-electron chi connectivity index (χ2n) is 5.61. The van der Waals surface area contributed by atoms with Crippen LogP contribution >= 0.6 is 0 Å². The maximum atomic E-state index is 5.64. The zero-order valence-corrected chi connectivity index (χ0v) is 14.3. The molecular weight excluding hydrogens is 278 g/mol.